The molecule has 16 heavy (non-hydrogen) atoms. The van der Waals surface area contributed by atoms with Crippen molar-refractivity contribution in [1.29, 1.82) is 0 Å². The molecule has 1 saturated carbocycles. The molecule has 0 heterocycles. The second kappa shape index (κ2) is 6.74. The Morgan fingerprint density at radius 3 is 2.75 bits per heavy atom. The fraction of sp³-hybridized carbons (Fsp3) is 0.917. The van der Waals surface area contributed by atoms with Crippen molar-refractivity contribution in [2.45, 2.75) is 52.5 Å². The molecule has 0 spiro atoms. The maximum Gasteiger partial charge on any atom is 0.205 e. The Labute approximate surface area is 99.1 Å². The Kier molecular flexibility index (Phi) is 5.60. The summed E-state index contributed by atoms with van der Waals surface area (Å²) in [5.74, 6) is 7.59. The van der Waals surface area contributed by atoms with Crippen LogP contribution < -0.4 is 16.6 Å². The zero-order chi connectivity index (χ0) is 12.0. The van der Waals surface area contributed by atoms with Crippen molar-refractivity contribution in [3.8, 4) is 0 Å². The van der Waals surface area contributed by atoms with Gasteiger partial charge >= 0.3 is 0 Å². The molecule has 4 nitrogen and oxygen atoms in total. The first-order valence-electron chi connectivity index (χ1n) is 6.39. The Morgan fingerprint density at radius 2 is 2.19 bits per heavy atom. The molecule has 0 saturated heterocycles. The van der Waals surface area contributed by atoms with E-state index in [0.717, 1.165) is 18.4 Å². The van der Waals surface area contributed by atoms with Crippen LogP contribution in [0.1, 0.15) is 46.5 Å². The molecular weight excluding hydrogens is 200 g/mol. The zero-order valence-corrected chi connectivity index (χ0v) is 10.8. The van der Waals surface area contributed by atoms with Gasteiger partial charge in [-0.3, -0.25) is 10.4 Å². The summed E-state index contributed by atoms with van der Waals surface area (Å²) in [7, 11) is 0. The third kappa shape index (κ3) is 4.84. The van der Waals surface area contributed by atoms with Gasteiger partial charge in [-0.1, -0.05) is 33.6 Å². The van der Waals surface area contributed by atoms with Crippen molar-refractivity contribution in [2.24, 2.45) is 22.7 Å². The van der Waals surface area contributed by atoms with Gasteiger partial charge in [-0.25, -0.2) is 5.84 Å². The van der Waals surface area contributed by atoms with E-state index in [-0.39, 0.29) is 0 Å². The number of hydrogen-bond acceptors (Lipinski definition) is 2. The summed E-state index contributed by atoms with van der Waals surface area (Å²) >= 11 is 0. The summed E-state index contributed by atoms with van der Waals surface area (Å²) in [6.45, 7) is 7.43. The number of hydrazine groups is 1. The van der Waals surface area contributed by atoms with E-state index < -0.39 is 0 Å². The lowest BCUT2D eigenvalue weighted by Gasteiger charge is -2.28. The molecule has 1 fully saturated rings. The minimum Gasteiger partial charge on any atom is -0.353 e. The van der Waals surface area contributed by atoms with Gasteiger partial charge in [-0.2, -0.15) is 0 Å². The normalized spacial score (nSPS) is 26.9. The SMILES string of the molecule is CC(C)CN=C(NN)NC1CCCC(C)C1. The maximum atomic E-state index is 5.47. The van der Waals surface area contributed by atoms with E-state index in [4.69, 9.17) is 5.84 Å². The van der Waals surface area contributed by atoms with Crippen molar-refractivity contribution in [3.63, 3.8) is 0 Å². The molecule has 2 unspecified atom stereocenters. The lowest BCUT2D eigenvalue weighted by atomic mass is 9.87. The van der Waals surface area contributed by atoms with Crippen LogP contribution in [0.5, 0.6) is 0 Å². The predicted molar refractivity (Wildman–Crippen MR) is 69.0 cm³/mol. The van der Waals surface area contributed by atoms with Crippen LogP contribution in [-0.4, -0.2) is 18.5 Å². The van der Waals surface area contributed by atoms with Gasteiger partial charge in [0.2, 0.25) is 5.96 Å². The maximum absolute atomic E-state index is 5.47. The topological polar surface area (TPSA) is 62.4 Å². The van der Waals surface area contributed by atoms with Crippen LogP contribution in [0.25, 0.3) is 0 Å². The highest BCUT2D eigenvalue weighted by molar-refractivity contribution is 5.79. The van der Waals surface area contributed by atoms with Gasteiger partial charge in [0.1, 0.15) is 0 Å². The highest BCUT2D eigenvalue weighted by Gasteiger charge is 2.19. The van der Waals surface area contributed by atoms with Crippen molar-refractivity contribution in [2.75, 3.05) is 6.54 Å². The van der Waals surface area contributed by atoms with Crippen LogP contribution in [-0.2, 0) is 0 Å². The van der Waals surface area contributed by atoms with Gasteiger partial charge in [0, 0.05) is 12.6 Å². The summed E-state index contributed by atoms with van der Waals surface area (Å²) in [6.07, 6.45) is 5.11. The summed E-state index contributed by atoms with van der Waals surface area (Å²) in [4.78, 5) is 4.43. The minimum absolute atomic E-state index is 0.533. The molecule has 0 aliphatic heterocycles. The molecule has 2 atom stereocenters. The van der Waals surface area contributed by atoms with Gasteiger partial charge < -0.3 is 5.32 Å². The summed E-state index contributed by atoms with van der Waals surface area (Å²) in [6, 6.07) is 0.533. The molecule has 0 amide bonds. The first-order chi connectivity index (χ1) is 7.61. The van der Waals surface area contributed by atoms with E-state index in [9.17, 15) is 0 Å². The lowest BCUT2D eigenvalue weighted by molar-refractivity contribution is 0.324. The molecule has 0 aromatic rings. The van der Waals surface area contributed by atoms with Gasteiger partial charge in [0.05, 0.1) is 0 Å². The van der Waals surface area contributed by atoms with E-state index in [2.05, 4.69) is 36.5 Å². The number of aliphatic imine (C=N–C) groups is 1. The number of nitrogens with zero attached hydrogens (tertiary/aromatic N) is 1. The molecule has 4 heteroatoms. The van der Waals surface area contributed by atoms with Crippen LogP contribution in [0.15, 0.2) is 4.99 Å². The smallest absolute Gasteiger partial charge is 0.205 e. The number of hydrogen-bond donors (Lipinski definition) is 3. The fourth-order valence-electron chi connectivity index (χ4n) is 2.17. The molecule has 1 aliphatic carbocycles. The van der Waals surface area contributed by atoms with Crippen LogP contribution >= 0.6 is 0 Å². The Bertz CT molecular complexity index is 225. The zero-order valence-electron chi connectivity index (χ0n) is 10.8. The third-order valence-corrected chi connectivity index (χ3v) is 3.03. The van der Waals surface area contributed by atoms with E-state index in [1.54, 1.807) is 0 Å². The molecule has 1 rings (SSSR count). The van der Waals surface area contributed by atoms with E-state index in [0.29, 0.717) is 12.0 Å². The second-order valence-corrected chi connectivity index (χ2v) is 5.34. The van der Waals surface area contributed by atoms with Crippen molar-refractivity contribution >= 4 is 5.96 Å². The Balaban J connectivity index is 2.39. The van der Waals surface area contributed by atoms with Crippen LogP contribution in [0.4, 0.5) is 0 Å². The van der Waals surface area contributed by atoms with E-state index in [1.165, 1.54) is 25.7 Å². The van der Waals surface area contributed by atoms with Crippen molar-refractivity contribution in [3.05, 3.63) is 0 Å². The molecular formula is C12H26N4. The van der Waals surface area contributed by atoms with E-state index in [1.807, 2.05) is 0 Å². The Hall–Kier alpha value is -0.770. The monoisotopic (exact) mass is 226 g/mol. The predicted octanol–water partition coefficient (Wildman–Crippen LogP) is 1.63. The minimum atomic E-state index is 0.533. The number of rotatable bonds is 3. The highest BCUT2D eigenvalue weighted by atomic mass is 15.3. The summed E-state index contributed by atoms with van der Waals surface area (Å²) in [5.41, 5.74) is 2.66. The van der Waals surface area contributed by atoms with Gasteiger partial charge in [-0.15, -0.1) is 0 Å². The van der Waals surface area contributed by atoms with Gasteiger partial charge in [0.25, 0.3) is 0 Å². The highest BCUT2D eigenvalue weighted by Crippen LogP contribution is 2.23. The van der Waals surface area contributed by atoms with Crippen molar-refractivity contribution < 1.29 is 0 Å². The van der Waals surface area contributed by atoms with E-state index >= 15 is 0 Å². The third-order valence-electron chi connectivity index (χ3n) is 3.03. The molecule has 94 valence electrons. The van der Waals surface area contributed by atoms with Gasteiger partial charge in [-0.05, 0) is 24.7 Å². The second-order valence-electron chi connectivity index (χ2n) is 5.34. The molecule has 0 aromatic heterocycles. The molecule has 4 N–H and O–H groups in total. The van der Waals surface area contributed by atoms with Gasteiger partial charge in [0.15, 0.2) is 0 Å². The average Bonchev–Trinajstić information content (AvgIpc) is 2.24. The number of nitrogens with one attached hydrogen (secondary N) is 2. The first-order valence-corrected chi connectivity index (χ1v) is 6.39. The lowest BCUT2D eigenvalue weighted by Crippen LogP contribution is -2.47. The summed E-state index contributed by atoms with van der Waals surface area (Å²) < 4.78 is 0. The standard InChI is InChI=1S/C12H26N4/c1-9(2)8-14-12(16-13)15-11-6-4-5-10(3)7-11/h9-11H,4-8,13H2,1-3H3,(H2,14,15,16). The van der Waals surface area contributed by atoms with Crippen LogP contribution in [0.3, 0.4) is 0 Å². The first kappa shape index (κ1) is 13.3. The van der Waals surface area contributed by atoms with Crippen LogP contribution in [0.2, 0.25) is 0 Å². The van der Waals surface area contributed by atoms with Crippen LogP contribution in [0, 0.1) is 11.8 Å². The molecule has 0 bridgehead atoms. The average molecular weight is 226 g/mol. The molecule has 1 aliphatic rings. The quantitative estimate of drug-likeness (QED) is 0.297. The largest absolute Gasteiger partial charge is 0.353 e. The number of nitrogens with two attached hydrogens (primary N) is 1. The molecule has 0 aromatic carbocycles. The molecule has 0 radical (unpaired) electrons. The Morgan fingerprint density at radius 1 is 1.44 bits per heavy atom. The van der Waals surface area contributed by atoms with Crippen molar-refractivity contribution in [1.82, 2.24) is 10.7 Å². The number of guanidine groups is 1. The summed E-state index contributed by atoms with van der Waals surface area (Å²) in [5, 5.41) is 3.41. The fourth-order valence-corrected chi connectivity index (χ4v) is 2.17.